The molecule has 2 aromatic carbocycles. The minimum absolute atomic E-state index is 0.0228. The van der Waals surface area contributed by atoms with Crippen LogP contribution >= 0.6 is 11.3 Å². The number of non-ortho nitro benzene ring substituents is 1. The van der Waals surface area contributed by atoms with Crippen LogP contribution in [0.5, 0.6) is 0 Å². The summed E-state index contributed by atoms with van der Waals surface area (Å²) in [6, 6.07) is 16.4. The van der Waals surface area contributed by atoms with Crippen molar-refractivity contribution in [3.05, 3.63) is 81.6 Å². The van der Waals surface area contributed by atoms with Crippen LogP contribution in [0.2, 0.25) is 0 Å². The molecule has 2 aromatic heterocycles. The second-order valence-electron chi connectivity index (χ2n) is 5.97. The van der Waals surface area contributed by atoms with Gasteiger partial charge in [-0.05, 0) is 6.92 Å². The number of nitro benzene ring substituents is 1. The Hall–Kier alpha value is -3.39. The summed E-state index contributed by atoms with van der Waals surface area (Å²) in [5.74, 6) is 0.462. The second kappa shape index (κ2) is 7.08. The van der Waals surface area contributed by atoms with E-state index in [1.807, 2.05) is 37.3 Å². The van der Waals surface area contributed by atoms with Gasteiger partial charge in [-0.1, -0.05) is 42.5 Å². The van der Waals surface area contributed by atoms with Crippen LogP contribution in [0.4, 0.5) is 5.69 Å². The molecular formula is C19H15N5O2S. The molecule has 134 valence electrons. The molecule has 0 saturated heterocycles. The first-order chi connectivity index (χ1) is 13.1. The van der Waals surface area contributed by atoms with Crippen LogP contribution in [0.3, 0.4) is 0 Å². The van der Waals surface area contributed by atoms with Crippen LogP contribution in [0, 0.1) is 17.0 Å². The number of nitro groups is 1. The zero-order chi connectivity index (χ0) is 18.8. The summed E-state index contributed by atoms with van der Waals surface area (Å²) in [6.07, 6.45) is 1.63. The highest BCUT2D eigenvalue weighted by molar-refractivity contribution is 7.15. The lowest BCUT2D eigenvalue weighted by Gasteiger charge is -1.99. The van der Waals surface area contributed by atoms with E-state index in [0.717, 1.165) is 21.1 Å². The number of aromatic nitrogens is 4. The minimum Gasteiger partial charge on any atom is -0.258 e. The van der Waals surface area contributed by atoms with Gasteiger partial charge in [0.2, 0.25) is 0 Å². The molecular weight excluding hydrogens is 362 g/mol. The van der Waals surface area contributed by atoms with E-state index in [0.29, 0.717) is 17.9 Å². The summed E-state index contributed by atoms with van der Waals surface area (Å²) in [5, 5.41) is 16.4. The first kappa shape index (κ1) is 17.0. The zero-order valence-electron chi connectivity index (χ0n) is 14.4. The molecule has 27 heavy (non-hydrogen) atoms. The monoisotopic (exact) mass is 377 g/mol. The first-order valence-corrected chi connectivity index (χ1v) is 9.08. The lowest BCUT2D eigenvalue weighted by atomic mass is 10.2. The third-order valence-corrected chi connectivity index (χ3v) is 5.26. The molecule has 0 bridgehead atoms. The van der Waals surface area contributed by atoms with Gasteiger partial charge in [0.25, 0.3) is 5.69 Å². The smallest absolute Gasteiger partial charge is 0.258 e. The molecule has 0 amide bonds. The van der Waals surface area contributed by atoms with E-state index in [4.69, 9.17) is 0 Å². The highest BCUT2D eigenvalue weighted by Gasteiger charge is 2.13. The fourth-order valence-corrected chi connectivity index (χ4v) is 3.75. The van der Waals surface area contributed by atoms with Crippen molar-refractivity contribution in [1.29, 1.82) is 0 Å². The summed E-state index contributed by atoms with van der Waals surface area (Å²) < 4.78 is 1.73. The molecule has 0 saturated carbocycles. The van der Waals surface area contributed by atoms with E-state index in [1.165, 1.54) is 12.1 Å². The molecule has 0 aliphatic carbocycles. The summed E-state index contributed by atoms with van der Waals surface area (Å²) in [7, 11) is 0. The lowest BCUT2D eigenvalue weighted by molar-refractivity contribution is -0.384. The highest BCUT2D eigenvalue weighted by atomic mass is 32.1. The molecule has 0 aliphatic heterocycles. The maximum absolute atomic E-state index is 10.9. The number of hydrogen-bond donors (Lipinski definition) is 0. The molecule has 0 unspecified atom stereocenters. The summed E-state index contributed by atoms with van der Waals surface area (Å²) >= 11 is 1.63. The molecule has 7 nitrogen and oxygen atoms in total. The fraction of sp³-hybridized carbons (Fsp3) is 0.105. The lowest BCUT2D eigenvalue weighted by Crippen LogP contribution is -2.00. The van der Waals surface area contributed by atoms with E-state index in [1.54, 1.807) is 34.5 Å². The molecule has 0 fully saturated rings. The van der Waals surface area contributed by atoms with Gasteiger partial charge in [-0.3, -0.25) is 10.1 Å². The van der Waals surface area contributed by atoms with E-state index < -0.39 is 4.92 Å². The Morgan fingerprint density at radius 3 is 2.67 bits per heavy atom. The van der Waals surface area contributed by atoms with Gasteiger partial charge in [-0.2, -0.15) is 5.10 Å². The molecule has 2 heterocycles. The third-order valence-electron chi connectivity index (χ3n) is 4.07. The van der Waals surface area contributed by atoms with Crippen molar-refractivity contribution in [2.45, 2.75) is 13.5 Å². The highest BCUT2D eigenvalue weighted by Crippen LogP contribution is 2.28. The Bertz CT molecular complexity index is 1100. The number of benzene rings is 2. The largest absolute Gasteiger partial charge is 0.270 e. The molecule has 4 aromatic rings. The summed E-state index contributed by atoms with van der Waals surface area (Å²) in [6.45, 7) is 2.54. The summed E-state index contributed by atoms with van der Waals surface area (Å²) in [4.78, 5) is 20.6. The van der Waals surface area contributed by atoms with Crippen molar-refractivity contribution in [3.63, 3.8) is 0 Å². The summed E-state index contributed by atoms with van der Waals surface area (Å²) in [5.41, 5.74) is 2.70. The van der Waals surface area contributed by atoms with Gasteiger partial charge in [-0.15, -0.1) is 11.3 Å². The van der Waals surface area contributed by atoms with Crippen LogP contribution in [0.1, 0.15) is 10.6 Å². The third kappa shape index (κ3) is 3.61. The molecule has 0 aliphatic rings. The standard InChI is InChI=1S/C19H15N5O2S/c1-13-17(27-19(21-13)14-6-3-2-4-7-14)11-23-12-20-18(22-23)15-8-5-9-16(10-15)24(25)26/h2-10,12H,11H2,1H3. The van der Waals surface area contributed by atoms with Gasteiger partial charge >= 0.3 is 0 Å². The van der Waals surface area contributed by atoms with Gasteiger partial charge in [-0.25, -0.2) is 14.6 Å². The Balaban J connectivity index is 1.58. The van der Waals surface area contributed by atoms with Crippen LogP contribution < -0.4 is 0 Å². The maximum atomic E-state index is 10.9. The average molecular weight is 377 g/mol. The van der Waals surface area contributed by atoms with E-state index in [2.05, 4.69) is 15.1 Å². The molecule has 0 N–H and O–H groups in total. The Morgan fingerprint density at radius 2 is 1.89 bits per heavy atom. The van der Waals surface area contributed by atoms with Gasteiger partial charge in [0.05, 0.1) is 17.2 Å². The number of rotatable bonds is 5. The van der Waals surface area contributed by atoms with Crippen molar-refractivity contribution in [3.8, 4) is 22.0 Å². The molecule has 0 atom stereocenters. The average Bonchev–Trinajstić information content (AvgIpc) is 3.30. The molecule has 8 heteroatoms. The maximum Gasteiger partial charge on any atom is 0.270 e. The van der Waals surface area contributed by atoms with Crippen LogP contribution in [-0.2, 0) is 6.54 Å². The molecule has 0 radical (unpaired) electrons. The van der Waals surface area contributed by atoms with E-state index in [9.17, 15) is 10.1 Å². The topological polar surface area (TPSA) is 86.7 Å². The number of hydrogen-bond acceptors (Lipinski definition) is 6. The van der Waals surface area contributed by atoms with Crippen molar-refractivity contribution in [2.24, 2.45) is 0 Å². The van der Waals surface area contributed by atoms with Crippen molar-refractivity contribution >= 4 is 17.0 Å². The quantitative estimate of drug-likeness (QED) is 0.381. The van der Waals surface area contributed by atoms with Crippen molar-refractivity contribution in [1.82, 2.24) is 19.7 Å². The van der Waals surface area contributed by atoms with E-state index in [-0.39, 0.29) is 5.69 Å². The predicted octanol–water partition coefficient (Wildman–Crippen LogP) is 4.33. The van der Waals surface area contributed by atoms with Crippen LogP contribution in [0.15, 0.2) is 60.9 Å². The van der Waals surface area contributed by atoms with E-state index >= 15 is 0 Å². The van der Waals surface area contributed by atoms with Gasteiger partial charge in [0.1, 0.15) is 11.3 Å². The normalized spacial score (nSPS) is 10.9. The van der Waals surface area contributed by atoms with Crippen LogP contribution in [0.25, 0.3) is 22.0 Å². The fourth-order valence-electron chi connectivity index (χ4n) is 2.69. The van der Waals surface area contributed by atoms with Gasteiger partial charge in [0.15, 0.2) is 5.82 Å². The van der Waals surface area contributed by atoms with Gasteiger partial charge in [0, 0.05) is 28.1 Å². The Labute approximate surface area is 159 Å². The second-order valence-corrected chi connectivity index (χ2v) is 7.05. The predicted molar refractivity (Wildman–Crippen MR) is 104 cm³/mol. The van der Waals surface area contributed by atoms with Crippen LogP contribution in [-0.4, -0.2) is 24.7 Å². The minimum atomic E-state index is -0.424. The van der Waals surface area contributed by atoms with Crippen molar-refractivity contribution in [2.75, 3.05) is 0 Å². The Morgan fingerprint density at radius 1 is 1.11 bits per heavy atom. The molecule has 4 rings (SSSR count). The number of aryl methyl sites for hydroxylation is 1. The number of thiazole rings is 1. The first-order valence-electron chi connectivity index (χ1n) is 8.26. The molecule has 0 spiro atoms. The number of nitrogens with zero attached hydrogens (tertiary/aromatic N) is 5. The SMILES string of the molecule is Cc1nc(-c2ccccc2)sc1Cn1cnc(-c2cccc([N+](=O)[O-])c2)n1. The van der Waals surface area contributed by atoms with Crippen molar-refractivity contribution < 1.29 is 4.92 Å². The Kier molecular flexibility index (Phi) is 4.47. The zero-order valence-corrected chi connectivity index (χ0v) is 15.3. The van der Waals surface area contributed by atoms with Gasteiger partial charge < -0.3 is 0 Å².